The first-order valence-corrected chi connectivity index (χ1v) is 6.58. The fraction of sp³-hybridized carbons (Fsp3) is 0.583. The fourth-order valence-electron chi connectivity index (χ4n) is 2.26. The minimum Gasteiger partial charge on any atom is -0.369 e. The Morgan fingerprint density at radius 3 is 2.89 bits per heavy atom. The molecule has 0 saturated heterocycles. The zero-order valence-corrected chi connectivity index (χ0v) is 11.2. The molecule has 0 spiro atoms. The molecule has 1 saturated carbocycles. The van der Waals surface area contributed by atoms with Gasteiger partial charge in [0.25, 0.3) is 0 Å². The number of hydrogen-bond donors (Lipinski definition) is 2. The second-order valence-corrected chi connectivity index (χ2v) is 4.97. The Morgan fingerprint density at radius 1 is 1.53 bits per heavy atom. The van der Waals surface area contributed by atoms with E-state index in [-0.39, 0.29) is 12.5 Å². The first-order valence-electron chi connectivity index (χ1n) is 6.58. The van der Waals surface area contributed by atoms with Crippen molar-refractivity contribution in [2.75, 3.05) is 5.73 Å². The summed E-state index contributed by atoms with van der Waals surface area (Å²) in [4.78, 5) is 16.2. The third kappa shape index (κ3) is 2.05. The Kier molecular flexibility index (Phi) is 2.69. The quantitative estimate of drug-likeness (QED) is 0.835. The molecule has 3 rings (SSSR count). The van der Waals surface area contributed by atoms with Crippen molar-refractivity contribution in [3.05, 3.63) is 5.69 Å². The summed E-state index contributed by atoms with van der Waals surface area (Å²) < 4.78 is 3.56. The lowest BCUT2D eigenvalue weighted by Crippen LogP contribution is -2.30. The van der Waals surface area contributed by atoms with E-state index in [1.54, 1.807) is 4.57 Å². The average Bonchev–Trinajstić information content (AvgIpc) is 3.04. The molecule has 0 radical (unpaired) electrons. The molecule has 2 heterocycles. The van der Waals surface area contributed by atoms with E-state index in [2.05, 4.69) is 15.4 Å². The molecular formula is C12H18N6O. The Morgan fingerprint density at radius 2 is 2.26 bits per heavy atom. The van der Waals surface area contributed by atoms with Crippen LogP contribution in [0.15, 0.2) is 0 Å². The van der Waals surface area contributed by atoms with Crippen molar-refractivity contribution >= 4 is 23.0 Å². The van der Waals surface area contributed by atoms with E-state index in [9.17, 15) is 4.79 Å². The highest BCUT2D eigenvalue weighted by Crippen LogP contribution is 2.22. The molecular weight excluding hydrogens is 244 g/mol. The predicted molar refractivity (Wildman–Crippen MR) is 71.5 cm³/mol. The van der Waals surface area contributed by atoms with Gasteiger partial charge in [-0.2, -0.15) is 5.10 Å². The summed E-state index contributed by atoms with van der Waals surface area (Å²) in [6.45, 7) is 4.82. The summed E-state index contributed by atoms with van der Waals surface area (Å²) in [5, 5.41) is 7.35. The maximum atomic E-state index is 11.9. The van der Waals surface area contributed by atoms with Gasteiger partial charge in [-0.1, -0.05) is 0 Å². The highest BCUT2D eigenvalue weighted by Gasteiger charge is 2.24. The summed E-state index contributed by atoms with van der Waals surface area (Å²) in [6, 6.07) is 0.352. The van der Waals surface area contributed by atoms with Crippen LogP contribution in [0.2, 0.25) is 0 Å². The number of nitrogens with one attached hydrogen (secondary N) is 1. The molecule has 3 N–H and O–H groups in total. The number of hydrogen-bond acceptors (Lipinski definition) is 4. The molecule has 0 aliphatic heterocycles. The number of nitrogens with two attached hydrogens (primary N) is 1. The molecule has 1 fully saturated rings. The zero-order chi connectivity index (χ0) is 13.6. The lowest BCUT2D eigenvalue weighted by molar-refractivity contribution is -0.121. The van der Waals surface area contributed by atoms with Crippen molar-refractivity contribution < 1.29 is 4.79 Å². The Bertz CT molecular complexity index is 636. The van der Waals surface area contributed by atoms with Crippen molar-refractivity contribution in [3.8, 4) is 0 Å². The Balaban J connectivity index is 1.96. The molecule has 2 aromatic heterocycles. The monoisotopic (exact) mass is 262 g/mol. The molecule has 0 aromatic carbocycles. The van der Waals surface area contributed by atoms with Gasteiger partial charge in [0.1, 0.15) is 12.1 Å². The smallest absolute Gasteiger partial charge is 0.240 e. The number of imidazole rings is 1. The van der Waals surface area contributed by atoms with Gasteiger partial charge in [-0.25, -0.2) is 9.67 Å². The molecule has 0 unspecified atom stereocenters. The van der Waals surface area contributed by atoms with Crippen LogP contribution in [0.3, 0.4) is 0 Å². The molecule has 2 aromatic rings. The molecule has 1 aliphatic carbocycles. The van der Waals surface area contributed by atoms with Crippen LogP contribution in [0.4, 0.5) is 5.95 Å². The van der Waals surface area contributed by atoms with Gasteiger partial charge in [0.05, 0.1) is 5.69 Å². The van der Waals surface area contributed by atoms with Crippen LogP contribution in [-0.4, -0.2) is 31.3 Å². The highest BCUT2D eigenvalue weighted by atomic mass is 16.2. The van der Waals surface area contributed by atoms with Crippen LogP contribution in [0, 0.1) is 6.92 Å². The maximum Gasteiger partial charge on any atom is 0.240 e. The number of amides is 1. The molecule has 102 valence electrons. The summed E-state index contributed by atoms with van der Waals surface area (Å²) >= 11 is 0. The SMILES string of the molecule is CCn1nc(C)c2nc(N)n(CC(=O)NC3CC3)c21. The highest BCUT2D eigenvalue weighted by molar-refractivity contribution is 5.82. The van der Waals surface area contributed by atoms with E-state index in [1.165, 1.54) is 0 Å². The molecule has 0 bridgehead atoms. The topological polar surface area (TPSA) is 90.8 Å². The summed E-state index contributed by atoms with van der Waals surface area (Å²) in [7, 11) is 0. The summed E-state index contributed by atoms with van der Waals surface area (Å²) in [5.41, 5.74) is 8.35. The first-order chi connectivity index (χ1) is 9.10. The van der Waals surface area contributed by atoms with Crippen LogP contribution in [0.1, 0.15) is 25.5 Å². The van der Waals surface area contributed by atoms with E-state index in [1.807, 2.05) is 18.5 Å². The molecule has 1 amide bonds. The van der Waals surface area contributed by atoms with Gasteiger partial charge in [0, 0.05) is 12.6 Å². The van der Waals surface area contributed by atoms with Gasteiger partial charge in [-0.15, -0.1) is 0 Å². The Hall–Kier alpha value is -2.05. The minimum atomic E-state index is -0.0185. The molecule has 7 nitrogen and oxygen atoms in total. The number of rotatable bonds is 4. The second-order valence-electron chi connectivity index (χ2n) is 4.97. The number of carbonyl (C=O) groups excluding carboxylic acids is 1. The number of aryl methyl sites for hydroxylation is 2. The van der Waals surface area contributed by atoms with E-state index in [0.717, 1.165) is 36.2 Å². The van der Waals surface area contributed by atoms with Crippen LogP contribution in [0.5, 0.6) is 0 Å². The van der Waals surface area contributed by atoms with Crippen molar-refractivity contribution in [2.45, 2.75) is 45.8 Å². The number of anilines is 1. The van der Waals surface area contributed by atoms with Gasteiger partial charge in [0.2, 0.25) is 11.9 Å². The first kappa shape index (κ1) is 12.0. The Labute approximate surface area is 110 Å². The van der Waals surface area contributed by atoms with Gasteiger partial charge < -0.3 is 11.1 Å². The molecule has 7 heteroatoms. The van der Waals surface area contributed by atoms with Crippen molar-refractivity contribution in [1.82, 2.24) is 24.6 Å². The third-order valence-corrected chi connectivity index (χ3v) is 3.37. The number of aromatic nitrogens is 4. The molecule has 0 atom stereocenters. The number of nitrogen functional groups attached to an aromatic ring is 1. The zero-order valence-electron chi connectivity index (χ0n) is 11.2. The number of carbonyl (C=O) groups is 1. The van der Waals surface area contributed by atoms with E-state index >= 15 is 0 Å². The van der Waals surface area contributed by atoms with Crippen LogP contribution in [0.25, 0.3) is 11.2 Å². The van der Waals surface area contributed by atoms with Crippen LogP contribution < -0.4 is 11.1 Å². The lowest BCUT2D eigenvalue weighted by atomic mass is 10.4. The van der Waals surface area contributed by atoms with E-state index in [4.69, 9.17) is 5.73 Å². The van der Waals surface area contributed by atoms with Crippen molar-refractivity contribution in [1.29, 1.82) is 0 Å². The van der Waals surface area contributed by atoms with Gasteiger partial charge in [-0.3, -0.25) is 9.36 Å². The summed E-state index contributed by atoms with van der Waals surface area (Å²) in [6.07, 6.45) is 2.15. The fourth-order valence-corrected chi connectivity index (χ4v) is 2.26. The molecule has 19 heavy (non-hydrogen) atoms. The third-order valence-electron chi connectivity index (χ3n) is 3.37. The minimum absolute atomic E-state index is 0.0185. The van der Waals surface area contributed by atoms with E-state index in [0.29, 0.717) is 12.0 Å². The average molecular weight is 262 g/mol. The number of nitrogens with zero attached hydrogens (tertiary/aromatic N) is 4. The maximum absolute atomic E-state index is 11.9. The normalized spacial score (nSPS) is 15.1. The lowest BCUT2D eigenvalue weighted by Gasteiger charge is -2.08. The van der Waals surface area contributed by atoms with Gasteiger partial charge in [0.15, 0.2) is 5.65 Å². The summed E-state index contributed by atoms with van der Waals surface area (Å²) in [5.74, 6) is 0.346. The standard InChI is InChI=1S/C12H18N6O/c1-3-18-11-10(7(2)16-18)15-12(13)17(11)6-9(19)14-8-4-5-8/h8H,3-6H2,1-2H3,(H2,13,15)(H,14,19). The van der Waals surface area contributed by atoms with Crippen molar-refractivity contribution in [3.63, 3.8) is 0 Å². The second kappa shape index (κ2) is 4.25. The van der Waals surface area contributed by atoms with Crippen LogP contribution >= 0.6 is 0 Å². The predicted octanol–water partition coefficient (Wildman–Crippen LogP) is 0.422. The van der Waals surface area contributed by atoms with Gasteiger partial charge in [-0.05, 0) is 26.7 Å². The van der Waals surface area contributed by atoms with Crippen molar-refractivity contribution in [2.24, 2.45) is 0 Å². The van der Waals surface area contributed by atoms with Crippen LogP contribution in [-0.2, 0) is 17.9 Å². The number of fused-ring (bicyclic) bond motifs is 1. The largest absolute Gasteiger partial charge is 0.369 e. The van der Waals surface area contributed by atoms with E-state index < -0.39 is 0 Å². The van der Waals surface area contributed by atoms with Gasteiger partial charge >= 0.3 is 0 Å². The molecule has 1 aliphatic rings.